The molecule has 71 valence electrons. The summed E-state index contributed by atoms with van der Waals surface area (Å²) in [6, 6.07) is 0. The monoisotopic (exact) mass is 174 g/mol. The Morgan fingerprint density at radius 2 is 2.17 bits per heavy atom. The number of rotatable bonds is 6. The molecule has 0 fully saturated rings. The van der Waals surface area contributed by atoms with E-state index in [4.69, 9.17) is 10.8 Å². The van der Waals surface area contributed by atoms with Crippen molar-refractivity contribution in [2.24, 2.45) is 11.7 Å². The first-order chi connectivity index (χ1) is 5.67. The van der Waals surface area contributed by atoms with E-state index < -0.39 is 18.6 Å². The van der Waals surface area contributed by atoms with Crippen molar-refractivity contribution < 1.29 is 15.0 Å². The molecule has 0 heterocycles. The molecule has 0 amide bonds. The second-order valence-electron chi connectivity index (χ2n) is 2.67. The van der Waals surface area contributed by atoms with Crippen LogP contribution < -0.4 is 5.73 Å². The van der Waals surface area contributed by atoms with Gasteiger partial charge < -0.3 is 15.9 Å². The van der Waals surface area contributed by atoms with Crippen LogP contribution in [0.4, 0.5) is 0 Å². The maximum absolute atomic E-state index is 11.1. The fourth-order valence-electron chi connectivity index (χ4n) is 1.07. The molecular formula is C8H16NO3. The highest BCUT2D eigenvalue weighted by Crippen LogP contribution is 2.11. The number of hydrogen-bond donors (Lipinski definition) is 3. The summed E-state index contributed by atoms with van der Waals surface area (Å²) in [5.74, 6) is -0.780. The van der Waals surface area contributed by atoms with Gasteiger partial charge in [0.1, 0.15) is 0 Å². The number of nitrogens with two attached hydrogens (primary N) is 1. The van der Waals surface area contributed by atoms with Crippen LogP contribution in [-0.2, 0) is 4.79 Å². The molecular weight excluding hydrogens is 158 g/mol. The zero-order valence-corrected chi connectivity index (χ0v) is 7.07. The van der Waals surface area contributed by atoms with Gasteiger partial charge in [-0.2, -0.15) is 0 Å². The maximum atomic E-state index is 11.1. The van der Waals surface area contributed by atoms with Crippen molar-refractivity contribution in [3.63, 3.8) is 0 Å². The zero-order chi connectivity index (χ0) is 9.56. The Balaban J connectivity index is 4.11. The minimum absolute atomic E-state index is 0.0955. The molecule has 1 radical (unpaired) electrons. The van der Waals surface area contributed by atoms with E-state index in [-0.39, 0.29) is 12.3 Å². The van der Waals surface area contributed by atoms with Gasteiger partial charge in [0.15, 0.2) is 5.78 Å². The van der Waals surface area contributed by atoms with E-state index in [0.29, 0.717) is 12.8 Å². The van der Waals surface area contributed by atoms with Crippen LogP contribution in [-0.4, -0.2) is 35.3 Å². The van der Waals surface area contributed by atoms with Crippen LogP contribution in [0.1, 0.15) is 12.8 Å². The molecule has 0 aliphatic carbocycles. The molecule has 4 nitrogen and oxygen atoms in total. The minimum Gasteiger partial charge on any atom is -0.394 e. The topological polar surface area (TPSA) is 83.6 Å². The van der Waals surface area contributed by atoms with Gasteiger partial charge >= 0.3 is 0 Å². The van der Waals surface area contributed by atoms with Crippen LogP contribution in [0.15, 0.2) is 0 Å². The van der Waals surface area contributed by atoms with Crippen molar-refractivity contribution >= 4 is 5.78 Å². The van der Waals surface area contributed by atoms with Crippen LogP contribution in [0.5, 0.6) is 0 Å². The molecule has 0 rings (SSSR count). The molecule has 0 aromatic rings. The highest BCUT2D eigenvalue weighted by atomic mass is 16.3. The smallest absolute Gasteiger partial charge is 0.152 e. The van der Waals surface area contributed by atoms with Gasteiger partial charge in [-0.3, -0.25) is 4.79 Å². The van der Waals surface area contributed by atoms with Crippen molar-refractivity contribution in [2.75, 3.05) is 13.2 Å². The van der Waals surface area contributed by atoms with Crippen LogP contribution in [0.2, 0.25) is 0 Å². The Morgan fingerprint density at radius 3 is 2.50 bits per heavy atom. The summed E-state index contributed by atoms with van der Waals surface area (Å²) in [6.07, 6.45) is 0.0217. The number of ketones is 1. The van der Waals surface area contributed by atoms with Gasteiger partial charge in [0.2, 0.25) is 0 Å². The van der Waals surface area contributed by atoms with Gasteiger partial charge in [0.05, 0.1) is 19.3 Å². The molecule has 0 aromatic heterocycles. The summed E-state index contributed by atoms with van der Waals surface area (Å²) in [6.45, 7) is 3.07. The lowest BCUT2D eigenvalue weighted by atomic mass is 9.93. The van der Waals surface area contributed by atoms with Gasteiger partial charge in [0, 0.05) is 5.92 Å². The van der Waals surface area contributed by atoms with Crippen molar-refractivity contribution in [1.82, 2.24) is 0 Å². The summed E-state index contributed by atoms with van der Waals surface area (Å²) in [5.41, 5.74) is 5.13. The third-order valence-electron chi connectivity index (χ3n) is 1.78. The Kier molecular flexibility index (Phi) is 5.88. The Hall–Kier alpha value is -0.450. The molecule has 2 unspecified atom stereocenters. The minimum atomic E-state index is -0.997. The first kappa shape index (κ1) is 11.6. The quantitative estimate of drug-likeness (QED) is 0.487. The van der Waals surface area contributed by atoms with E-state index in [9.17, 15) is 9.90 Å². The molecule has 4 heteroatoms. The fraction of sp³-hybridized carbons (Fsp3) is 0.750. The fourth-order valence-corrected chi connectivity index (χ4v) is 1.07. The summed E-state index contributed by atoms with van der Waals surface area (Å²) >= 11 is 0. The maximum Gasteiger partial charge on any atom is 0.152 e. The standard InChI is InChI=1S/C8H16NO3/c1-2-3-6(7(11)4-9)8(12)5-10/h6,8,10,12H,1-5,9H2. The van der Waals surface area contributed by atoms with Crippen LogP contribution in [0.3, 0.4) is 0 Å². The normalized spacial score (nSPS) is 15.7. The summed E-state index contributed by atoms with van der Waals surface area (Å²) < 4.78 is 0. The molecule has 0 spiro atoms. The SMILES string of the molecule is [CH2]CCC(C(=O)CN)C(O)CO. The number of hydrogen-bond acceptors (Lipinski definition) is 4. The highest BCUT2D eigenvalue weighted by molar-refractivity contribution is 5.83. The molecule has 0 saturated heterocycles. The Bertz CT molecular complexity index is 138. The van der Waals surface area contributed by atoms with Crippen molar-refractivity contribution in [2.45, 2.75) is 18.9 Å². The number of aliphatic hydroxyl groups is 2. The van der Waals surface area contributed by atoms with Gasteiger partial charge in [-0.05, 0) is 6.42 Å². The summed E-state index contributed by atoms with van der Waals surface area (Å²) in [7, 11) is 0. The lowest BCUT2D eigenvalue weighted by Crippen LogP contribution is -2.34. The van der Waals surface area contributed by atoms with Gasteiger partial charge in [-0.1, -0.05) is 13.3 Å². The Labute approximate surface area is 72.4 Å². The van der Waals surface area contributed by atoms with Crippen molar-refractivity contribution in [1.29, 1.82) is 0 Å². The van der Waals surface area contributed by atoms with E-state index in [1.807, 2.05) is 0 Å². The third-order valence-corrected chi connectivity index (χ3v) is 1.78. The number of carbonyl (C=O) groups excluding carboxylic acids is 1. The van der Waals surface area contributed by atoms with Crippen LogP contribution in [0.25, 0.3) is 0 Å². The lowest BCUT2D eigenvalue weighted by Gasteiger charge is -2.18. The first-order valence-electron chi connectivity index (χ1n) is 3.98. The molecule has 0 bridgehead atoms. The summed E-state index contributed by atoms with van der Waals surface area (Å²) in [5, 5.41) is 17.8. The number of carbonyl (C=O) groups is 1. The van der Waals surface area contributed by atoms with Crippen molar-refractivity contribution in [3.05, 3.63) is 6.92 Å². The highest BCUT2D eigenvalue weighted by Gasteiger charge is 2.23. The third kappa shape index (κ3) is 3.30. The predicted molar refractivity (Wildman–Crippen MR) is 45.2 cm³/mol. The second-order valence-corrected chi connectivity index (χ2v) is 2.67. The molecule has 0 aliphatic heterocycles. The summed E-state index contributed by atoms with van der Waals surface area (Å²) in [4.78, 5) is 11.1. The van der Waals surface area contributed by atoms with E-state index in [2.05, 4.69) is 6.92 Å². The van der Waals surface area contributed by atoms with E-state index in [0.717, 1.165) is 0 Å². The van der Waals surface area contributed by atoms with Gasteiger partial charge in [-0.25, -0.2) is 0 Å². The predicted octanol–water partition coefficient (Wildman–Crippen LogP) is -0.902. The van der Waals surface area contributed by atoms with E-state index in [1.165, 1.54) is 0 Å². The van der Waals surface area contributed by atoms with E-state index >= 15 is 0 Å². The number of Topliss-reactive ketones (excluding diaryl/α,β-unsaturated/α-hetero) is 1. The number of aliphatic hydroxyl groups excluding tert-OH is 2. The molecule has 4 N–H and O–H groups in total. The Morgan fingerprint density at radius 1 is 1.58 bits per heavy atom. The average molecular weight is 174 g/mol. The van der Waals surface area contributed by atoms with Crippen molar-refractivity contribution in [3.8, 4) is 0 Å². The van der Waals surface area contributed by atoms with Crippen LogP contribution in [0, 0.1) is 12.8 Å². The first-order valence-corrected chi connectivity index (χ1v) is 3.98. The van der Waals surface area contributed by atoms with E-state index in [1.54, 1.807) is 0 Å². The molecule has 0 saturated carbocycles. The molecule has 0 aromatic carbocycles. The largest absolute Gasteiger partial charge is 0.394 e. The molecule has 2 atom stereocenters. The van der Waals surface area contributed by atoms with Gasteiger partial charge in [-0.15, -0.1) is 0 Å². The lowest BCUT2D eigenvalue weighted by molar-refractivity contribution is -0.126. The zero-order valence-electron chi connectivity index (χ0n) is 7.07. The second kappa shape index (κ2) is 6.11. The van der Waals surface area contributed by atoms with Crippen LogP contribution >= 0.6 is 0 Å². The molecule has 0 aliphatic rings. The molecule has 12 heavy (non-hydrogen) atoms. The van der Waals surface area contributed by atoms with Gasteiger partial charge in [0.25, 0.3) is 0 Å². The average Bonchev–Trinajstić information content (AvgIpc) is 2.11.